The molecule has 0 fully saturated rings. The maximum atomic E-state index is 3.40. The fourth-order valence-electron chi connectivity index (χ4n) is 1.79. The molecular weight excluding hydrogens is 178 g/mol. The molecule has 1 N–H and O–H groups in total. The quantitative estimate of drug-likeness (QED) is 0.772. The molecule has 0 radical (unpaired) electrons. The lowest BCUT2D eigenvalue weighted by molar-refractivity contribution is 0.643. The van der Waals surface area contributed by atoms with Gasteiger partial charge in [0.2, 0.25) is 0 Å². The molecule has 70 valence electrons. The Labute approximate surface area is 83.9 Å². The van der Waals surface area contributed by atoms with Crippen molar-refractivity contribution in [3.05, 3.63) is 34.9 Å². The molecule has 0 aliphatic carbocycles. The average Bonchev–Trinajstić information content (AvgIpc) is 2.18. The lowest BCUT2D eigenvalue weighted by Gasteiger charge is -2.17. The van der Waals surface area contributed by atoms with Crippen molar-refractivity contribution in [2.45, 2.75) is 18.7 Å². The van der Waals surface area contributed by atoms with Crippen LogP contribution in [0.5, 0.6) is 0 Å². The third kappa shape index (κ3) is 2.06. The van der Waals surface area contributed by atoms with Crippen molar-refractivity contribution in [1.82, 2.24) is 5.32 Å². The van der Waals surface area contributed by atoms with Gasteiger partial charge in [-0.05, 0) is 35.9 Å². The lowest BCUT2D eigenvalue weighted by atomic mass is 9.99. The predicted octanol–water partition coefficient (Wildman–Crippen LogP) is 2.20. The summed E-state index contributed by atoms with van der Waals surface area (Å²) in [5.74, 6) is 1.13. The second kappa shape index (κ2) is 4.16. The first-order chi connectivity index (χ1) is 6.40. The molecule has 0 unspecified atom stereocenters. The predicted molar refractivity (Wildman–Crippen MR) is 59.1 cm³/mol. The Morgan fingerprint density at radius 2 is 2.31 bits per heavy atom. The van der Waals surface area contributed by atoms with E-state index in [0.29, 0.717) is 0 Å². The summed E-state index contributed by atoms with van der Waals surface area (Å²) >= 11 is 1.88. The molecule has 1 heterocycles. The molecule has 0 amide bonds. The summed E-state index contributed by atoms with van der Waals surface area (Å²) in [7, 11) is 0. The van der Waals surface area contributed by atoms with Crippen LogP contribution >= 0.6 is 11.8 Å². The summed E-state index contributed by atoms with van der Waals surface area (Å²) in [4.78, 5) is 0. The van der Waals surface area contributed by atoms with Crippen LogP contribution < -0.4 is 5.32 Å². The van der Waals surface area contributed by atoms with Crippen LogP contribution in [0.15, 0.2) is 18.2 Å². The van der Waals surface area contributed by atoms with Gasteiger partial charge in [0.15, 0.2) is 0 Å². The highest BCUT2D eigenvalue weighted by molar-refractivity contribution is 7.97. The first-order valence-corrected chi connectivity index (χ1v) is 6.10. The van der Waals surface area contributed by atoms with Gasteiger partial charge >= 0.3 is 0 Å². The van der Waals surface area contributed by atoms with Crippen molar-refractivity contribution in [3.63, 3.8) is 0 Å². The number of hydrogen-bond acceptors (Lipinski definition) is 2. The minimum absolute atomic E-state index is 1.05. The molecule has 1 aliphatic heterocycles. The smallest absolute Gasteiger partial charge is 0.0208 e. The van der Waals surface area contributed by atoms with Gasteiger partial charge in [0.1, 0.15) is 0 Å². The van der Waals surface area contributed by atoms with E-state index in [-0.39, 0.29) is 0 Å². The molecule has 0 aromatic heterocycles. The zero-order valence-corrected chi connectivity index (χ0v) is 8.79. The van der Waals surface area contributed by atoms with Crippen molar-refractivity contribution in [1.29, 1.82) is 0 Å². The van der Waals surface area contributed by atoms with Gasteiger partial charge in [-0.3, -0.25) is 0 Å². The lowest BCUT2D eigenvalue weighted by Crippen LogP contribution is -2.23. The van der Waals surface area contributed by atoms with E-state index in [9.17, 15) is 0 Å². The molecular formula is C11H15NS. The van der Waals surface area contributed by atoms with Gasteiger partial charge in [-0.2, -0.15) is 11.8 Å². The van der Waals surface area contributed by atoms with Crippen molar-refractivity contribution in [2.75, 3.05) is 12.8 Å². The molecule has 13 heavy (non-hydrogen) atoms. The van der Waals surface area contributed by atoms with Crippen LogP contribution in [0.3, 0.4) is 0 Å². The summed E-state index contributed by atoms with van der Waals surface area (Å²) in [5, 5.41) is 3.40. The number of rotatable bonds is 2. The van der Waals surface area contributed by atoms with Crippen LogP contribution in [0.25, 0.3) is 0 Å². The number of nitrogens with one attached hydrogen (secondary N) is 1. The van der Waals surface area contributed by atoms with Gasteiger partial charge in [0, 0.05) is 12.3 Å². The first kappa shape index (κ1) is 9.10. The molecule has 1 nitrogen and oxygen atoms in total. The molecule has 1 aromatic rings. The van der Waals surface area contributed by atoms with E-state index in [1.807, 2.05) is 11.8 Å². The standard InChI is InChI=1S/C11H15NS/c1-13-8-9-2-3-10-4-5-12-7-11(10)6-9/h2-3,6,12H,4-5,7-8H2,1H3. The van der Waals surface area contributed by atoms with E-state index in [0.717, 1.165) is 18.8 Å². The van der Waals surface area contributed by atoms with E-state index >= 15 is 0 Å². The molecule has 0 saturated heterocycles. The maximum absolute atomic E-state index is 3.40. The number of hydrogen-bond donors (Lipinski definition) is 1. The van der Waals surface area contributed by atoms with Crippen molar-refractivity contribution in [2.24, 2.45) is 0 Å². The van der Waals surface area contributed by atoms with Gasteiger partial charge in [-0.25, -0.2) is 0 Å². The molecule has 1 aliphatic rings. The van der Waals surface area contributed by atoms with Crippen molar-refractivity contribution < 1.29 is 0 Å². The molecule has 2 heteroatoms. The maximum Gasteiger partial charge on any atom is 0.0208 e. The van der Waals surface area contributed by atoms with E-state index < -0.39 is 0 Å². The summed E-state index contributed by atoms with van der Waals surface area (Å²) < 4.78 is 0. The molecule has 0 atom stereocenters. The minimum Gasteiger partial charge on any atom is -0.312 e. The van der Waals surface area contributed by atoms with Crippen molar-refractivity contribution >= 4 is 11.8 Å². The SMILES string of the molecule is CSCc1ccc2c(c1)CNCC2. The average molecular weight is 193 g/mol. The number of fused-ring (bicyclic) bond motifs is 1. The summed E-state index contributed by atoms with van der Waals surface area (Å²) in [6, 6.07) is 6.90. The number of thioether (sulfide) groups is 1. The zero-order chi connectivity index (χ0) is 9.10. The van der Waals surface area contributed by atoms with Crippen LogP contribution in [0.4, 0.5) is 0 Å². The zero-order valence-electron chi connectivity index (χ0n) is 7.97. The topological polar surface area (TPSA) is 12.0 Å². The van der Waals surface area contributed by atoms with E-state index in [2.05, 4.69) is 29.8 Å². The normalized spacial score (nSPS) is 15.5. The van der Waals surface area contributed by atoms with Gasteiger partial charge < -0.3 is 5.32 Å². The number of benzene rings is 1. The van der Waals surface area contributed by atoms with Crippen molar-refractivity contribution in [3.8, 4) is 0 Å². The molecule has 1 aromatic carbocycles. The Kier molecular flexibility index (Phi) is 2.91. The van der Waals surface area contributed by atoms with Crippen LogP contribution in [0.2, 0.25) is 0 Å². The molecule has 0 saturated carbocycles. The van der Waals surface area contributed by atoms with Gasteiger partial charge in [0.25, 0.3) is 0 Å². The third-order valence-electron chi connectivity index (χ3n) is 2.47. The third-order valence-corrected chi connectivity index (χ3v) is 3.09. The second-order valence-electron chi connectivity index (χ2n) is 3.46. The minimum atomic E-state index is 1.05. The Morgan fingerprint density at radius 1 is 1.38 bits per heavy atom. The Hall–Kier alpha value is -0.470. The van der Waals surface area contributed by atoms with Gasteiger partial charge in [0.05, 0.1) is 0 Å². The Balaban J connectivity index is 2.24. The molecule has 0 bridgehead atoms. The van der Waals surface area contributed by atoms with Crippen LogP contribution in [-0.4, -0.2) is 12.8 Å². The summed E-state index contributed by atoms with van der Waals surface area (Å²) in [6.07, 6.45) is 3.34. The van der Waals surface area contributed by atoms with Crippen LogP contribution in [0.1, 0.15) is 16.7 Å². The van der Waals surface area contributed by atoms with Crippen LogP contribution in [0, 0.1) is 0 Å². The highest BCUT2D eigenvalue weighted by Crippen LogP contribution is 2.18. The molecule has 0 spiro atoms. The van der Waals surface area contributed by atoms with Gasteiger partial charge in [-0.15, -0.1) is 0 Å². The monoisotopic (exact) mass is 193 g/mol. The Bertz CT molecular complexity index is 296. The second-order valence-corrected chi connectivity index (χ2v) is 4.33. The van der Waals surface area contributed by atoms with E-state index in [1.165, 1.54) is 23.1 Å². The van der Waals surface area contributed by atoms with E-state index in [4.69, 9.17) is 0 Å². The van der Waals surface area contributed by atoms with Gasteiger partial charge in [-0.1, -0.05) is 18.2 Å². The molecule has 2 rings (SSSR count). The summed E-state index contributed by atoms with van der Waals surface area (Å²) in [6.45, 7) is 2.19. The highest BCUT2D eigenvalue weighted by atomic mass is 32.2. The fourth-order valence-corrected chi connectivity index (χ4v) is 2.30. The summed E-state index contributed by atoms with van der Waals surface area (Å²) in [5.41, 5.74) is 4.48. The van der Waals surface area contributed by atoms with E-state index in [1.54, 1.807) is 0 Å². The largest absolute Gasteiger partial charge is 0.312 e. The first-order valence-electron chi connectivity index (χ1n) is 4.70. The fraction of sp³-hybridized carbons (Fsp3) is 0.455. The highest BCUT2D eigenvalue weighted by Gasteiger charge is 2.07. The van der Waals surface area contributed by atoms with Crippen LogP contribution in [-0.2, 0) is 18.7 Å². The Morgan fingerprint density at radius 3 is 3.15 bits per heavy atom.